The van der Waals surface area contributed by atoms with Crippen molar-refractivity contribution in [1.29, 1.82) is 0 Å². The number of nitrogens with one attached hydrogen (secondary N) is 3. The smallest absolute Gasteiger partial charge is 0.323 e. The van der Waals surface area contributed by atoms with Gasteiger partial charge in [0.05, 0.1) is 36.0 Å². The van der Waals surface area contributed by atoms with Crippen molar-refractivity contribution < 1.29 is 9.18 Å². The average Bonchev–Trinajstić information content (AvgIpc) is 3.42. The maximum atomic E-state index is 13.9. The normalized spacial score (nSPS) is 22.0. The molecule has 0 bridgehead atoms. The molecule has 2 saturated heterocycles. The number of hydrogen-bond donors (Lipinski definition) is 3. The lowest BCUT2D eigenvalue weighted by Crippen LogP contribution is -2.29. The maximum absolute atomic E-state index is 13.9. The summed E-state index contributed by atoms with van der Waals surface area (Å²) in [6.07, 6.45) is 4.18. The number of amides is 2. The van der Waals surface area contributed by atoms with Crippen LogP contribution in [0.25, 0.3) is 17.0 Å². The van der Waals surface area contributed by atoms with Gasteiger partial charge < -0.3 is 16.0 Å². The van der Waals surface area contributed by atoms with Crippen molar-refractivity contribution in [3.63, 3.8) is 0 Å². The largest absolute Gasteiger partial charge is 0.363 e. The van der Waals surface area contributed by atoms with Gasteiger partial charge in [-0.15, -0.1) is 0 Å². The number of nitrogens with zero attached hydrogens (tertiary/aromatic N) is 5. The molecule has 0 aromatic carbocycles. The van der Waals surface area contributed by atoms with Crippen LogP contribution in [0.5, 0.6) is 0 Å². The number of fused-ring (bicyclic) bond motifs is 1. The van der Waals surface area contributed by atoms with E-state index in [1.165, 1.54) is 0 Å². The van der Waals surface area contributed by atoms with Gasteiger partial charge >= 0.3 is 6.03 Å². The molecular formula is C18H19FN8O. The first-order valence-corrected chi connectivity index (χ1v) is 9.16. The number of carbonyl (C=O) groups is 1. The molecule has 0 radical (unpaired) electrons. The first kappa shape index (κ1) is 16.9. The fraction of sp³-hybridized carbons (Fsp3) is 0.333. The van der Waals surface area contributed by atoms with E-state index in [1.54, 1.807) is 23.5 Å². The Morgan fingerprint density at radius 2 is 2.14 bits per heavy atom. The number of carbonyl (C=O) groups excluding carboxylic acids is 1. The van der Waals surface area contributed by atoms with Crippen LogP contribution in [0.2, 0.25) is 0 Å². The van der Waals surface area contributed by atoms with E-state index in [-0.39, 0.29) is 12.1 Å². The lowest BCUT2D eigenvalue weighted by Gasteiger charge is -2.15. The van der Waals surface area contributed by atoms with Crippen LogP contribution in [-0.2, 0) is 0 Å². The standard InChI is InChI=1S/C18H19FN8O/c19-11-6-20-7-13(11)25-15-3-1-2-12(24-15)14-8-22-16-9-23-17(10-27(14)16)26-5-4-21-18(26)28/h1-3,8-11,13,20H,4-7H2,(H,21,28)(H,24,25)/t11-,13-/m0/s1. The Morgan fingerprint density at radius 1 is 1.21 bits per heavy atom. The first-order chi connectivity index (χ1) is 13.7. The number of anilines is 2. The van der Waals surface area contributed by atoms with Crippen molar-refractivity contribution >= 4 is 23.3 Å². The second-order valence-corrected chi connectivity index (χ2v) is 6.83. The van der Waals surface area contributed by atoms with E-state index in [0.717, 1.165) is 5.69 Å². The van der Waals surface area contributed by atoms with Gasteiger partial charge in [-0.25, -0.2) is 24.1 Å². The Morgan fingerprint density at radius 3 is 2.93 bits per heavy atom. The predicted octanol–water partition coefficient (Wildman–Crippen LogP) is 1.04. The van der Waals surface area contributed by atoms with Crippen molar-refractivity contribution in [3.05, 3.63) is 36.8 Å². The SMILES string of the molecule is O=C1NCCN1c1cn2c(-c3cccc(N[C@H]4CNC[C@@H]4F)n3)cnc2cn1. The minimum absolute atomic E-state index is 0.163. The summed E-state index contributed by atoms with van der Waals surface area (Å²) in [5.41, 5.74) is 2.12. The van der Waals surface area contributed by atoms with Gasteiger partial charge in [-0.05, 0) is 12.1 Å². The summed E-state index contributed by atoms with van der Waals surface area (Å²) in [5.74, 6) is 1.16. The number of urea groups is 1. The van der Waals surface area contributed by atoms with E-state index >= 15 is 0 Å². The maximum Gasteiger partial charge on any atom is 0.323 e. The van der Waals surface area contributed by atoms with Crippen molar-refractivity contribution in [1.82, 2.24) is 30.0 Å². The summed E-state index contributed by atoms with van der Waals surface area (Å²) < 4.78 is 15.7. The second-order valence-electron chi connectivity index (χ2n) is 6.83. The molecule has 9 nitrogen and oxygen atoms in total. The quantitative estimate of drug-likeness (QED) is 0.624. The van der Waals surface area contributed by atoms with E-state index in [4.69, 9.17) is 0 Å². The van der Waals surface area contributed by atoms with Crippen molar-refractivity contribution in [2.24, 2.45) is 0 Å². The summed E-state index contributed by atoms with van der Waals surface area (Å²) in [7, 11) is 0. The van der Waals surface area contributed by atoms with E-state index in [0.29, 0.717) is 49.2 Å². The summed E-state index contributed by atoms with van der Waals surface area (Å²) >= 11 is 0. The molecule has 0 unspecified atom stereocenters. The van der Waals surface area contributed by atoms with Crippen LogP contribution in [0.15, 0.2) is 36.8 Å². The molecule has 0 saturated carbocycles. The van der Waals surface area contributed by atoms with Crippen LogP contribution in [0.4, 0.5) is 20.8 Å². The van der Waals surface area contributed by atoms with E-state index in [2.05, 4.69) is 30.9 Å². The lowest BCUT2D eigenvalue weighted by atomic mass is 10.2. The third kappa shape index (κ3) is 2.91. The molecule has 2 amide bonds. The topological polar surface area (TPSA) is 99.5 Å². The van der Waals surface area contributed by atoms with Crippen molar-refractivity contribution in [2.45, 2.75) is 12.2 Å². The molecular weight excluding hydrogens is 363 g/mol. The van der Waals surface area contributed by atoms with Gasteiger partial charge in [-0.1, -0.05) is 6.07 Å². The Bertz CT molecular complexity index is 1040. The molecule has 2 aliphatic heterocycles. The minimum Gasteiger partial charge on any atom is -0.363 e. The molecule has 3 aromatic heterocycles. The third-order valence-corrected chi connectivity index (χ3v) is 5.00. The fourth-order valence-electron chi connectivity index (χ4n) is 3.53. The number of alkyl halides is 1. The van der Waals surface area contributed by atoms with Crippen LogP contribution in [0.1, 0.15) is 0 Å². The highest BCUT2D eigenvalue weighted by atomic mass is 19.1. The van der Waals surface area contributed by atoms with Crippen LogP contribution >= 0.6 is 0 Å². The number of hydrogen-bond acceptors (Lipinski definition) is 6. The monoisotopic (exact) mass is 382 g/mol. The summed E-state index contributed by atoms with van der Waals surface area (Å²) in [6, 6.07) is 5.10. The number of aromatic nitrogens is 4. The Kier molecular flexibility index (Phi) is 4.05. The van der Waals surface area contributed by atoms with Crippen LogP contribution in [0.3, 0.4) is 0 Å². The fourth-order valence-corrected chi connectivity index (χ4v) is 3.53. The van der Waals surface area contributed by atoms with Gasteiger partial charge in [-0.3, -0.25) is 9.30 Å². The number of imidazole rings is 1. The predicted molar refractivity (Wildman–Crippen MR) is 102 cm³/mol. The molecule has 28 heavy (non-hydrogen) atoms. The zero-order chi connectivity index (χ0) is 19.1. The molecule has 0 aliphatic carbocycles. The van der Waals surface area contributed by atoms with Gasteiger partial charge in [0.25, 0.3) is 0 Å². The van der Waals surface area contributed by atoms with Gasteiger partial charge in [-0.2, -0.15) is 0 Å². The molecule has 2 aliphatic rings. The summed E-state index contributed by atoms with van der Waals surface area (Å²) in [4.78, 5) is 26.9. The van der Waals surface area contributed by atoms with Crippen LogP contribution < -0.4 is 20.9 Å². The average molecular weight is 382 g/mol. The summed E-state index contributed by atoms with van der Waals surface area (Å²) in [5, 5.41) is 8.94. The van der Waals surface area contributed by atoms with Gasteiger partial charge in [0.1, 0.15) is 12.0 Å². The number of halogens is 1. The molecule has 5 heterocycles. The van der Waals surface area contributed by atoms with Crippen molar-refractivity contribution in [2.75, 3.05) is 36.4 Å². The number of rotatable bonds is 4. The zero-order valence-corrected chi connectivity index (χ0v) is 15.0. The Balaban J connectivity index is 1.48. The first-order valence-electron chi connectivity index (χ1n) is 9.16. The molecule has 0 spiro atoms. The highest BCUT2D eigenvalue weighted by Crippen LogP contribution is 2.23. The Hall–Kier alpha value is -3.27. The van der Waals surface area contributed by atoms with Gasteiger partial charge in [0.15, 0.2) is 11.5 Å². The lowest BCUT2D eigenvalue weighted by molar-refractivity contribution is 0.252. The Labute approximate surface area is 160 Å². The molecule has 3 N–H and O–H groups in total. The van der Waals surface area contributed by atoms with Crippen LogP contribution in [-0.4, -0.2) is 63.8 Å². The highest BCUT2D eigenvalue weighted by Gasteiger charge is 2.27. The van der Waals surface area contributed by atoms with Gasteiger partial charge in [0, 0.05) is 26.2 Å². The second kappa shape index (κ2) is 6.71. The van der Waals surface area contributed by atoms with Crippen molar-refractivity contribution in [3.8, 4) is 11.4 Å². The molecule has 3 aromatic rings. The number of pyridine rings is 1. The third-order valence-electron chi connectivity index (χ3n) is 5.00. The molecule has 2 atom stereocenters. The molecule has 5 rings (SSSR count). The summed E-state index contributed by atoms with van der Waals surface area (Å²) in [6.45, 7) is 2.08. The van der Waals surface area contributed by atoms with E-state index < -0.39 is 6.17 Å². The molecule has 144 valence electrons. The van der Waals surface area contributed by atoms with E-state index in [9.17, 15) is 9.18 Å². The van der Waals surface area contributed by atoms with E-state index in [1.807, 2.05) is 22.6 Å². The molecule has 2 fully saturated rings. The van der Waals surface area contributed by atoms with Gasteiger partial charge in [0.2, 0.25) is 0 Å². The minimum atomic E-state index is -0.943. The van der Waals surface area contributed by atoms with Crippen LogP contribution in [0, 0.1) is 0 Å². The highest BCUT2D eigenvalue weighted by molar-refractivity contribution is 5.93. The zero-order valence-electron chi connectivity index (χ0n) is 15.0. The molecule has 10 heteroatoms.